The summed E-state index contributed by atoms with van der Waals surface area (Å²) in [6, 6.07) is 7.60. The zero-order valence-electron chi connectivity index (χ0n) is 16.2. The topological polar surface area (TPSA) is 40.1 Å². The highest BCUT2D eigenvalue weighted by Crippen LogP contribution is 2.31. The molecule has 1 N–H and O–H groups in total. The van der Waals surface area contributed by atoms with Crippen molar-refractivity contribution in [3.8, 4) is 5.75 Å². The van der Waals surface area contributed by atoms with Gasteiger partial charge in [0.25, 0.3) is 0 Å². The summed E-state index contributed by atoms with van der Waals surface area (Å²) in [4.78, 5) is 9.52. The number of ether oxygens (including phenoxy) is 1. The third-order valence-electron chi connectivity index (χ3n) is 5.14. The van der Waals surface area contributed by atoms with E-state index in [9.17, 15) is 8.78 Å². The van der Waals surface area contributed by atoms with E-state index in [1.165, 1.54) is 32.4 Å². The first kappa shape index (κ1) is 19.9. The van der Waals surface area contributed by atoms with Crippen molar-refractivity contribution in [3.63, 3.8) is 0 Å². The van der Waals surface area contributed by atoms with Crippen LogP contribution in [0.2, 0.25) is 0 Å². The third kappa shape index (κ3) is 6.06. The van der Waals surface area contributed by atoms with E-state index < -0.39 is 6.61 Å². The van der Waals surface area contributed by atoms with Gasteiger partial charge in [-0.25, -0.2) is 0 Å². The Labute approximate surface area is 160 Å². The maximum absolute atomic E-state index is 12.2. The fourth-order valence-corrected chi connectivity index (χ4v) is 3.59. The van der Waals surface area contributed by atoms with Crippen LogP contribution in [0, 0.1) is 5.92 Å². The number of benzene rings is 1. The van der Waals surface area contributed by atoms with Crippen LogP contribution in [0.4, 0.5) is 8.78 Å². The van der Waals surface area contributed by atoms with E-state index in [2.05, 4.69) is 26.8 Å². The first-order valence-corrected chi connectivity index (χ1v) is 9.82. The van der Waals surface area contributed by atoms with E-state index in [1.807, 2.05) is 19.2 Å². The minimum atomic E-state index is -2.79. The highest BCUT2D eigenvalue weighted by atomic mass is 19.3. The van der Waals surface area contributed by atoms with E-state index in [4.69, 9.17) is 4.99 Å². The van der Waals surface area contributed by atoms with Crippen molar-refractivity contribution < 1.29 is 13.5 Å². The minimum absolute atomic E-state index is 0.179. The molecular weight excluding hydrogens is 350 g/mol. The van der Waals surface area contributed by atoms with Gasteiger partial charge in [0.05, 0.1) is 0 Å². The summed E-state index contributed by atoms with van der Waals surface area (Å²) in [6.45, 7) is 3.95. The second kappa shape index (κ2) is 9.35. The molecule has 1 atom stereocenters. The summed E-state index contributed by atoms with van der Waals surface area (Å²) in [6.07, 6.45) is 3.96. The fraction of sp³-hybridized carbons (Fsp3) is 0.650. The molecule has 0 radical (unpaired) electrons. The number of nitrogens with one attached hydrogen (secondary N) is 1. The highest BCUT2D eigenvalue weighted by Gasteiger charge is 2.34. The van der Waals surface area contributed by atoms with Crippen LogP contribution >= 0.6 is 0 Å². The Balaban J connectivity index is 1.53. The van der Waals surface area contributed by atoms with Gasteiger partial charge >= 0.3 is 6.61 Å². The molecule has 3 rings (SSSR count). The molecule has 0 aromatic heterocycles. The molecule has 2 fully saturated rings. The van der Waals surface area contributed by atoms with E-state index >= 15 is 0 Å². The van der Waals surface area contributed by atoms with Gasteiger partial charge in [-0.2, -0.15) is 8.78 Å². The molecule has 1 heterocycles. The smallest absolute Gasteiger partial charge is 0.387 e. The lowest BCUT2D eigenvalue weighted by atomic mass is 10.1. The molecule has 5 nitrogen and oxygen atoms in total. The number of likely N-dealkylation sites (tertiary alicyclic amines) is 1. The van der Waals surface area contributed by atoms with Gasteiger partial charge in [0, 0.05) is 39.3 Å². The third-order valence-corrected chi connectivity index (χ3v) is 5.14. The number of alkyl halides is 2. The molecular formula is C20H30F2N4O. The summed E-state index contributed by atoms with van der Waals surface area (Å²) in [5.41, 5.74) is 1.02. The van der Waals surface area contributed by atoms with Crippen molar-refractivity contribution >= 4 is 5.96 Å². The standard InChI is InChI=1S/C20H30F2N4O/c1-3-23-20(24-12-16-10-11-26(14-16)17-6-7-17)25(2)13-15-4-8-18(9-5-15)27-19(21)22/h4-5,8-9,16-17,19H,3,6-7,10-14H2,1-2H3,(H,23,24). The van der Waals surface area contributed by atoms with Gasteiger partial charge in [-0.05, 0) is 56.3 Å². The lowest BCUT2D eigenvalue weighted by Gasteiger charge is -2.23. The second-order valence-corrected chi connectivity index (χ2v) is 7.45. The van der Waals surface area contributed by atoms with E-state index in [0.29, 0.717) is 12.5 Å². The van der Waals surface area contributed by atoms with Gasteiger partial charge in [0.15, 0.2) is 5.96 Å². The molecule has 7 heteroatoms. The zero-order chi connectivity index (χ0) is 19.2. The van der Waals surface area contributed by atoms with Gasteiger partial charge in [-0.15, -0.1) is 0 Å². The number of halogens is 2. The van der Waals surface area contributed by atoms with Crippen LogP contribution in [0.3, 0.4) is 0 Å². The SMILES string of the molecule is CCNC(=NCC1CCN(C2CC2)C1)N(C)Cc1ccc(OC(F)F)cc1. The van der Waals surface area contributed by atoms with Crippen molar-refractivity contribution in [2.75, 3.05) is 33.2 Å². The van der Waals surface area contributed by atoms with Crippen LogP contribution in [-0.2, 0) is 6.54 Å². The summed E-state index contributed by atoms with van der Waals surface area (Å²) >= 11 is 0. The summed E-state index contributed by atoms with van der Waals surface area (Å²) in [5, 5.41) is 3.35. The van der Waals surface area contributed by atoms with E-state index in [0.717, 1.165) is 30.7 Å². The van der Waals surface area contributed by atoms with Crippen LogP contribution in [0.15, 0.2) is 29.3 Å². The molecule has 150 valence electrons. The number of hydrogen-bond donors (Lipinski definition) is 1. The van der Waals surface area contributed by atoms with Crippen molar-refractivity contribution in [1.29, 1.82) is 0 Å². The van der Waals surface area contributed by atoms with E-state index in [1.54, 1.807) is 12.1 Å². The zero-order valence-corrected chi connectivity index (χ0v) is 16.2. The summed E-state index contributed by atoms with van der Waals surface area (Å²) < 4.78 is 28.9. The molecule has 0 spiro atoms. The Kier molecular flexibility index (Phi) is 6.88. The Hall–Kier alpha value is -1.89. The predicted octanol–water partition coefficient (Wildman–Crippen LogP) is 3.17. The number of nitrogens with zero attached hydrogens (tertiary/aromatic N) is 3. The molecule has 2 aliphatic rings. The van der Waals surface area contributed by atoms with Crippen molar-refractivity contribution in [1.82, 2.24) is 15.1 Å². The minimum Gasteiger partial charge on any atom is -0.435 e. The van der Waals surface area contributed by atoms with Crippen molar-refractivity contribution in [2.24, 2.45) is 10.9 Å². The van der Waals surface area contributed by atoms with Crippen LogP contribution in [0.5, 0.6) is 5.75 Å². The number of hydrogen-bond acceptors (Lipinski definition) is 3. The lowest BCUT2D eigenvalue weighted by Crippen LogP contribution is -2.39. The Bertz CT molecular complexity index is 619. The average Bonchev–Trinajstić information content (AvgIpc) is 3.38. The van der Waals surface area contributed by atoms with Crippen LogP contribution in [-0.4, -0.2) is 61.6 Å². The average molecular weight is 380 g/mol. The van der Waals surface area contributed by atoms with Crippen LogP contribution < -0.4 is 10.1 Å². The molecule has 1 aliphatic carbocycles. The molecule has 1 unspecified atom stereocenters. The van der Waals surface area contributed by atoms with Crippen molar-refractivity contribution in [3.05, 3.63) is 29.8 Å². The molecule has 1 aromatic carbocycles. The Morgan fingerprint density at radius 1 is 1.30 bits per heavy atom. The number of aliphatic imine (C=N–C) groups is 1. The summed E-state index contributed by atoms with van der Waals surface area (Å²) in [5.74, 6) is 1.70. The second-order valence-electron chi connectivity index (χ2n) is 7.45. The molecule has 1 aliphatic heterocycles. The number of guanidine groups is 1. The first-order chi connectivity index (χ1) is 13.0. The first-order valence-electron chi connectivity index (χ1n) is 9.82. The van der Waals surface area contributed by atoms with Crippen LogP contribution in [0.1, 0.15) is 31.7 Å². The van der Waals surface area contributed by atoms with Gasteiger partial charge in [-0.3, -0.25) is 4.99 Å². The van der Waals surface area contributed by atoms with Gasteiger partial charge in [-0.1, -0.05) is 12.1 Å². The predicted molar refractivity (Wildman–Crippen MR) is 103 cm³/mol. The molecule has 1 saturated carbocycles. The Morgan fingerprint density at radius 3 is 2.67 bits per heavy atom. The largest absolute Gasteiger partial charge is 0.435 e. The van der Waals surface area contributed by atoms with Gasteiger partial charge in [0.2, 0.25) is 0 Å². The maximum atomic E-state index is 12.2. The number of rotatable bonds is 8. The fourth-order valence-electron chi connectivity index (χ4n) is 3.59. The van der Waals surface area contributed by atoms with Gasteiger partial charge in [0.1, 0.15) is 5.75 Å². The van der Waals surface area contributed by atoms with Crippen molar-refractivity contribution in [2.45, 2.75) is 45.4 Å². The Morgan fingerprint density at radius 2 is 2.04 bits per heavy atom. The normalized spacial score (nSPS) is 20.9. The summed E-state index contributed by atoms with van der Waals surface area (Å²) in [7, 11) is 2.00. The quantitative estimate of drug-likeness (QED) is 0.556. The molecule has 1 aromatic rings. The molecule has 0 bridgehead atoms. The molecule has 0 amide bonds. The van der Waals surface area contributed by atoms with Crippen LogP contribution in [0.25, 0.3) is 0 Å². The molecule has 1 saturated heterocycles. The monoisotopic (exact) mass is 380 g/mol. The van der Waals surface area contributed by atoms with E-state index in [-0.39, 0.29) is 5.75 Å². The lowest BCUT2D eigenvalue weighted by molar-refractivity contribution is -0.0498. The van der Waals surface area contributed by atoms with Gasteiger partial charge < -0.3 is 19.9 Å². The molecule has 27 heavy (non-hydrogen) atoms. The maximum Gasteiger partial charge on any atom is 0.387 e. The highest BCUT2D eigenvalue weighted by molar-refractivity contribution is 5.79.